The smallest absolute Gasteiger partial charge is 0.389 e. The molecular weight excluding hydrogens is 253 g/mol. The molecular formula is C10H9F3N2O3. The summed E-state index contributed by atoms with van der Waals surface area (Å²) < 4.78 is 38.0. The lowest BCUT2D eigenvalue weighted by molar-refractivity contribution is -0.388. The number of nitrogens with zero attached hydrogens (tertiary/aromatic N) is 2. The molecule has 1 saturated heterocycles. The maximum absolute atomic E-state index is 12.7. The van der Waals surface area contributed by atoms with Crippen LogP contribution in [0.15, 0.2) is 18.2 Å². The third-order valence-electron chi connectivity index (χ3n) is 2.71. The lowest BCUT2D eigenvalue weighted by atomic mass is 10.1. The van der Waals surface area contributed by atoms with Gasteiger partial charge in [0, 0.05) is 24.8 Å². The van der Waals surface area contributed by atoms with Gasteiger partial charge in [-0.2, -0.15) is 13.2 Å². The van der Waals surface area contributed by atoms with E-state index in [1.54, 1.807) is 0 Å². The van der Waals surface area contributed by atoms with E-state index in [0.717, 1.165) is 12.1 Å². The molecule has 1 aliphatic rings. The second-order valence-electron chi connectivity index (χ2n) is 4.02. The van der Waals surface area contributed by atoms with E-state index in [4.69, 9.17) is 5.11 Å². The summed E-state index contributed by atoms with van der Waals surface area (Å²) in [5.41, 5.74) is -2.02. The van der Waals surface area contributed by atoms with Crippen LogP contribution in [0.25, 0.3) is 0 Å². The Hall–Kier alpha value is -1.83. The molecule has 0 bridgehead atoms. The van der Waals surface area contributed by atoms with Crippen LogP contribution in [-0.4, -0.2) is 29.2 Å². The number of halogens is 3. The maximum Gasteiger partial charge on any atom is 0.423 e. The van der Waals surface area contributed by atoms with Gasteiger partial charge in [0.1, 0.15) is 5.56 Å². The molecule has 1 aliphatic heterocycles. The first-order chi connectivity index (χ1) is 8.29. The maximum atomic E-state index is 12.7. The van der Waals surface area contributed by atoms with Crippen LogP contribution in [0.1, 0.15) is 5.56 Å². The van der Waals surface area contributed by atoms with E-state index < -0.39 is 28.5 Å². The van der Waals surface area contributed by atoms with Crippen molar-refractivity contribution >= 4 is 11.4 Å². The molecule has 0 unspecified atom stereocenters. The van der Waals surface area contributed by atoms with Gasteiger partial charge in [-0.1, -0.05) is 0 Å². The Balaban J connectivity index is 2.40. The van der Waals surface area contributed by atoms with E-state index in [9.17, 15) is 23.3 Å². The summed E-state index contributed by atoms with van der Waals surface area (Å²) in [5, 5.41) is 19.6. The average molecular weight is 262 g/mol. The zero-order chi connectivity index (χ0) is 13.5. The van der Waals surface area contributed by atoms with Gasteiger partial charge in [-0.25, -0.2) is 0 Å². The van der Waals surface area contributed by atoms with Gasteiger partial charge in [0.2, 0.25) is 0 Å². The fourth-order valence-corrected chi connectivity index (χ4v) is 1.77. The van der Waals surface area contributed by atoms with Crippen molar-refractivity contribution < 1.29 is 23.2 Å². The van der Waals surface area contributed by atoms with Crippen LogP contribution in [-0.2, 0) is 6.18 Å². The largest absolute Gasteiger partial charge is 0.423 e. The number of nitro benzene ring substituents is 1. The summed E-state index contributed by atoms with van der Waals surface area (Å²) >= 11 is 0. The Kier molecular flexibility index (Phi) is 2.89. The highest BCUT2D eigenvalue weighted by atomic mass is 19.4. The van der Waals surface area contributed by atoms with E-state index >= 15 is 0 Å². The number of alkyl halides is 3. The minimum atomic E-state index is -4.78. The Morgan fingerprint density at radius 3 is 2.44 bits per heavy atom. The number of hydrogen-bond donors (Lipinski definition) is 1. The number of β-amino-alcohol motifs (C(OH)–C–C–N with tert-alkyl or cyclic N) is 1. The molecule has 1 heterocycles. The summed E-state index contributed by atoms with van der Waals surface area (Å²) in [6, 6.07) is 2.83. The predicted octanol–water partition coefficient (Wildman–Crippen LogP) is 1.79. The number of hydrogen-bond acceptors (Lipinski definition) is 4. The van der Waals surface area contributed by atoms with Crippen molar-refractivity contribution in [3.05, 3.63) is 33.9 Å². The molecule has 98 valence electrons. The molecule has 0 amide bonds. The van der Waals surface area contributed by atoms with Crippen molar-refractivity contribution in [1.82, 2.24) is 0 Å². The fraction of sp³-hybridized carbons (Fsp3) is 0.400. The third kappa shape index (κ3) is 2.23. The first-order valence-electron chi connectivity index (χ1n) is 5.07. The second-order valence-corrected chi connectivity index (χ2v) is 4.02. The van der Waals surface area contributed by atoms with Gasteiger partial charge in [0.05, 0.1) is 11.0 Å². The first-order valence-corrected chi connectivity index (χ1v) is 5.07. The second kappa shape index (κ2) is 4.13. The predicted molar refractivity (Wildman–Crippen MR) is 56.3 cm³/mol. The van der Waals surface area contributed by atoms with Crippen molar-refractivity contribution in [3.63, 3.8) is 0 Å². The van der Waals surface area contributed by atoms with Crippen LogP contribution in [0.3, 0.4) is 0 Å². The van der Waals surface area contributed by atoms with E-state index in [1.165, 1.54) is 11.0 Å². The first kappa shape index (κ1) is 12.6. The van der Waals surface area contributed by atoms with E-state index in [2.05, 4.69) is 0 Å². The summed E-state index contributed by atoms with van der Waals surface area (Å²) in [7, 11) is 0. The quantitative estimate of drug-likeness (QED) is 0.651. The SMILES string of the molecule is O=[N+]([O-])c1ccc(N2CC(O)C2)cc1C(F)(F)F. The summed E-state index contributed by atoms with van der Waals surface area (Å²) in [4.78, 5) is 11.0. The number of rotatable bonds is 2. The van der Waals surface area contributed by atoms with Crippen molar-refractivity contribution in [2.45, 2.75) is 12.3 Å². The van der Waals surface area contributed by atoms with Gasteiger partial charge in [-0.3, -0.25) is 10.1 Å². The molecule has 18 heavy (non-hydrogen) atoms. The summed E-state index contributed by atoms with van der Waals surface area (Å²) in [6.45, 7) is 0.463. The zero-order valence-corrected chi connectivity index (χ0v) is 9.02. The molecule has 5 nitrogen and oxygen atoms in total. The normalized spacial score (nSPS) is 16.6. The van der Waals surface area contributed by atoms with E-state index in [0.29, 0.717) is 0 Å². The molecule has 0 radical (unpaired) electrons. The summed E-state index contributed by atoms with van der Waals surface area (Å²) in [6.07, 6.45) is -5.34. The van der Waals surface area contributed by atoms with Gasteiger partial charge in [-0.15, -0.1) is 0 Å². The molecule has 1 aromatic carbocycles. The average Bonchev–Trinajstić information content (AvgIpc) is 2.22. The van der Waals surface area contributed by atoms with E-state index in [1.807, 2.05) is 0 Å². The molecule has 1 fully saturated rings. The van der Waals surface area contributed by atoms with Gasteiger partial charge in [0.25, 0.3) is 5.69 Å². The molecule has 1 N–H and O–H groups in total. The Morgan fingerprint density at radius 1 is 1.39 bits per heavy atom. The lowest BCUT2D eigenvalue weighted by Gasteiger charge is -2.38. The van der Waals surface area contributed by atoms with Crippen LogP contribution in [0, 0.1) is 10.1 Å². The van der Waals surface area contributed by atoms with Crippen molar-refractivity contribution in [2.24, 2.45) is 0 Å². The number of aliphatic hydroxyl groups excluding tert-OH is 1. The minimum Gasteiger partial charge on any atom is -0.389 e. The Labute approximate surface area is 99.6 Å². The number of aliphatic hydroxyl groups is 1. The molecule has 8 heteroatoms. The van der Waals surface area contributed by atoms with Gasteiger partial charge in [-0.05, 0) is 12.1 Å². The van der Waals surface area contributed by atoms with Crippen LogP contribution in [0.5, 0.6) is 0 Å². The monoisotopic (exact) mass is 262 g/mol. The van der Waals surface area contributed by atoms with Gasteiger partial charge >= 0.3 is 6.18 Å². The Bertz CT molecular complexity index is 484. The number of anilines is 1. The summed E-state index contributed by atoms with van der Waals surface area (Å²) in [5.74, 6) is 0. The highest BCUT2D eigenvalue weighted by molar-refractivity contribution is 5.58. The van der Waals surface area contributed by atoms with Crippen molar-refractivity contribution in [3.8, 4) is 0 Å². The van der Waals surface area contributed by atoms with Crippen LogP contribution in [0.4, 0.5) is 24.5 Å². The topological polar surface area (TPSA) is 66.6 Å². The number of nitro groups is 1. The molecule has 0 atom stereocenters. The van der Waals surface area contributed by atoms with Crippen LogP contribution >= 0.6 is 0 Å². The van der Waals surface area contributed by atoms with Crippen molar-refractivity contribution in [1.29, 1.82) is 0 Å². The van der Waals surface area contributed by atoms with Gasteiger partial charge < -0.3 is 10.0 Å². The van der Waals surface area contributed by atoms with Crippen molar-refractivity contribution in [2.75, 3.05) is 18.0 Å². The van der Waals surface area contributed by atoms with Crippen LogP contribution in [0.2, 0.25) is 0 Å². The van der Waals surface area contributed by atoms with Crippen LogP contribution < -0.4 is 4.90 Å². The third-order valence-corrected chi connectivity index (χ3v) is 2.71. The zero-order valence-electron chi connectivity index (χ0n) is 9.02. The lowest BCUT2D eigenvalue weighted by Crippen LogP contribution is -2.50. The molecule has 0 aliphatic carbocycles. The molecule has 0 aromatic heterocycles. The van der Waals surface area contributed by atoms with Gasteiger partial charge in [0.15, 0.2) is 0 Å². The standard InChI is InChI=1S/C10H9F3N2O3/c11-10(12,13)8-3-6(14-4-7(16)5-14)1-2-9(8)15(17)18/h1-3,7,16H,4-5H2. The Morgan fingerprint density at radius 2 is 2.00 bits per heavy atom. The highest BCUT2D eigenvalue weighted by Crippen LogP contribution is 2.38. The molecule has 0 spiro atoms. The number of benzene rings is 1. The minimum absolute atomic E-state index is 0.221. The van der Waals surface area contributed by atoms with E-state index in [-0.39, 0.29) is 18.8 Å². The molecule has 0 saturated carbocycles. The molecule has 1 aromatic rings. The fourth-order valence-electron chi connectivity index (χ4n) is 1.77. The highest BCUT2D eigenvalue weighted by Gasteiger charge is 2.39. The molecule has 2 rings (SSSR count).